The number of likely N-dealkylation sites (tertiary alicyclic amines) is 1. The van der Waals surface area contributed by atoms with Crippen LogP contribution in [0, 0.1) is 34.5 Å². The molecule has 0 spiro atoms. The molecule has 1 saturated heterocycles. The Bertz CT molecular complexity index is 1370. The van der Waals surface area contributed by atoms with Gasteiger partial charge < -0.3 is 20.9 Å². The third-order valence-electron chi connectivity index (χ3n) is 10.0. The second-order valence-corrected chi connectivity index (χ2v) is 16.6. The summed E-state index contributed by atoms with van der Waals surface area (Å²) in [7, 11) is 0. The molecule has 0 aromatic heterocycles. The third-order valence-corrected chi connectivity index (χ3v) is 10.0. The van der Waals surface area contributed by atoms with Gasteiger partial charge in [-0.15, -0.1) is 0 Å². The Balaban J connectivity index is 1.44. The minimum atomic E-state index is -0.876. The number of amides is 4. The van der Waals surface area contributed by atoms with Crippen LogP contribution in [-0.4, -0.2) is 64.3 Å². The molecule has 258 valence electrons. The van der Waals surface area contributed by atoms with Gasteiger partial charge in [-0.05, 0) is 61.3 Å². The zero-order chi connectivity index (χ0) is 34.9. The minimum absolute atomic E-state index is 0.0522. The summed E-state index contributed by atoms with van der Waals surface area (Å²) in [5.41, 5.74) is -0.332. The van der Waals surface area contributed by atoms with E-state index in [0.29, 0.717) is 25.4 Å². The first-order chi connectivity index (χ1) is 21.8. The van der Waals surface area contributed by atoms with E-state index in [2.05, 4.69) is 29.8 Å². The maximum absolute atomic E-state index is 14.2. The van der Waals surface area contributed by atoms with Crippen molar-refractivity contribution in [1.82, 2.24) is 20.9 Å². The fraction of sp³-hybridized carbons (Fsp3) is 0.676. The Kier molecular flexibility index (Phi) is 10.7. The van der Waals surface area contributed by atoms with Crippen LogP contribution < -0.4 is 16.0 Å². The van der Waals surface area contributed by atoms with E-state index in [4.69, 9.17) is 0 Å². The van der Waals surface area contributed by atoms with Crippen molar-refractivity contribution in [3.63, 3.8) is 0 Å². The van der Waals surface area contributed by atoms with Crippen molar-refractivity contribution in [1.29, 1.82) is 0 Å². The number of piperidine rings is 1. The van der Waals surface area contributed by atoms with E-state index in [0.717, 1.165) is 18.4 Å². The summed E-state index contributed by atoms with van der Waals surface area (Å²) in [6, 6.07) is 7.36. The molecule has 1 heterocycles. The van der Waals surface area contributed by atoms with Gasteiger partial charge in [0.1, 0.15) is 6.04 Å². The smallest absolute Gasteiger partial charge is 0.315 e. The molecular formula is C37H54N4O6. The molecular weight excluding hydrogens is 596 g/mol. The molecule has 10 nitrogen and oxygen atoms in total. The summed E-state index contributed by atoms with van der Waals surface area (Å²) >= 11 is 0. The largest absolute Gasteiger partial charge is 0.352 e. The van der Waals surface area contributed by atoms with Gasteiger partial charge in [-0.1, -0.05) is 77.8 Å². The topological polar surface area (TPSA) is 142 Å². The predicted octanol–water partition coefficient (Wildman–Crippen LogP) is 4.59. The highest BCUT2D eigenvalue weighted by molar-refractivity contribution is 6.38. The van der Waals surface area contributed by atoms with E-state index in [1.165, 1.54) is 0 Å². The lowest BCUT2D eigenvalue weighted by Gasteiger charge is -2.38. The number of hydrogen-bond donors (Lipinski definition) is 3. The molecule has 5 atom stereocenters. The van der Waals surface area contributed by atoms with Crippen molar-refractivity contribution < 1.29 is 28.8 Å². The first-order valence-corrected chi connectivity index (χ1v) is 17.1. The van der Waals surface area contributed by atoms with E-state index in [9.17, 15) is 28.8 Å². The first kappa shape index (κ1) is 36.3. The Morgan fingerprint density at radius 1 is 0.936 bits per heavy atom. The molecule has 3 fully saturated rings. The van der Waals surface area contributed by atoms with Crippen molar-refractivity contribution >= 4 is 35.2 Å². The van der Waals surface area contributed by atoms with E-state index in [1.807, 2.05) is 71.9 Å². The van der Waals surface area contributed by atoms with E-state index < -0.39 is 46.6 Å². The van der Waals surface area contributed by atoms with E-state index in [1.54, 1.807) is 4.90 Å². The van der Waals surface area contributed by atoms with Crippen LogP contribution in [0.5, 0.6) is 0 Å². The number of carbonyl (C=O) groups excluding carboxylic acids is 6. The lowest BCUT2D eigenvalue weighted by molar-refractivity contribution is -0.144. The number of nitrogens with zero attached hydrogens (tertiary/aromatic N) is 1. The average Bonchev–Trinajstić information content (AvgIpc) is 3.83. The molecule has 1 aromatic carbocycles. The maximum atomic E-state index is 14.2. The van der Waals surface area contributed by atoms with Crippen LogP contribution in [0.3, 0.4) is 0 Å². The van der Waals surface area contributed by atoms with E-state index in [-0.39, 0.29) is 54.1 Å². The number of urea groups is 1. The van der Waals surface area contributed by atoms with Crippen molar-refractivity contribution in [3.8, 4) is 0 Å². The summed E-state index contributed by atoms with van der Waals surface area (Å²) < 4.78 is 0. The second kappa shape index (κ2) is 13.9. The molecule has 3 N–H and O–H groups in total. The number of benzene rings is 1. The summed E-state index contributed by atoms with van der Waals surface area (Å²) in [6.45, 7) is 16.1. The monoisotopic (exact) mass is 650 g/mol. The quantitative estimate of drug-likeness (QED) is 0.252. The van der Waals surface area contributed by atoms with Gasteiger partial charge in [-0.25, -0.2) is 4.79 Å². The number of nitrogens with one attached hydrogen (secondary N) is 3. The van der Waals surface area contributed by atoms with Gasteiger partial charge in [0.15, 0.2) is 11.6 Å². The van der Waals surface area contributed by atoms with Crippen molar-refractivity contribution in [2.75, 3.05) is 6.54 Å². The van der Waals surface area contributed by atoms with E-state index >= 15 is 0 Å². The molecule has 47 heavy (non-hydrogen) atoms. The van der Waals surface area contributed by atoms with Crippen LogP contribution in [0.25, 0.3) is 0 Å². The van der Waals surface area contributed by atoms with Crippen LogP contribution in [0.4, 0.5) is 4.79 Å². The van der Waals surface area contributed by atoms with Crippen LogP contribution in [0.2, 0.25) is 0 Å². The predicted molar refractivity (Wildman–Crippen MR) is 179 cm³/mol. The van der Waals surface area contributed by atoms with Gasteiger partial charge in [0.05, 0.1) is 6.04 Å². The highest BCUT2D eigenvalue weighted by atomic mass is 16.2. The number of Topliss-reactive ketones (excluding diaryl/α,β-unsaturated/α-hetero) is 3. The Labute approximate surface area is 279 Å². The van der Waals surface area contributed by atoms with Crippen LogP contribution in [-0.2, 0) is 30.5 Å². The zero-order valence-electron chi connectivity index (χ0n) is 29.4. The molecule has 2 saturated carbocycles. The molecule has 3 aliphatic rings. The third kappa shape index (κ3) is 9.29. The summed E-state index contributed by atoms with van der Waals surface area (Å²) in [5.74, 6) is -2.48. The standard InChI is InChI=1S/C37H54N4O6/c1-35(2,3)32(39-34(47)40-36(4,5)6)33(46)41-21-25-29(37(25,7)8)30(41)27(43)19-24(18-22-14-15-22)31(45)26(42)16-17-28(44)38-20-23-12-10-9-11-13-23/h9-13,22,24-25,29-30,32H,14-21H2,1-8H3,(H,38,44)(H2,39,40,47)/t24?,25-,29-,30+,32+/m0/s1. The van der Waals surface area contributed by atoms with Gasteiger partial charge in [0.2, 0.25) is 17.6 Å². The highest BCUT2D eigenvalue weighted by Gasteiger charge is 2.69. The molecule has 0 radical (unpaired) electrons. The minimum Gasteiger partial charge on any atom is -0.352 e. The van der Waals surface area contributed by atoms with Crippen LogP contribution in [0.15, 0.2) is 30.3 Å². The van der Waals surface area contributed by atoms with Gasteiger partial charge >= 0.3 is 6.03 Å². The van der Waals surface area contributed by atoms with Crippen molar-refractivity contribution in [2.45, 2.75) is 118 Å². The first-order valence-electron chi connectivity index (χ1n) is 17.1. The molecule has 4 amide bonds. The summed E-state index contributed by atoms with van der Waals surface area (Å²) in [5, 5.41) is 8.50. The molecule has 4 rings (SSSR count). The molecule has 1 aliphatic heterocycles. The van der Waals surface area contributed by atoms with Crippen molar-refractivity contribution in [3.05, 3.63) is 35.9 Å². The van der Waals surface area contributed by atoms with Gasteiger partial charge in [0, 0.05) is 43.8 Å². The molecule has 2 aliphatic carbocycles. The molecule has 1 unspecified atom stereocenters. The highest BCUT2D eigenvalue weighted by Crippen LogP contribution is 2.65. The Hall–Kier alpha value is -3.56. The average molecular weight is 651 g/mol. The summed E-state index contributed by atoms with van der Waals surface area (Å²) in [4.78, 5) is 81.8. The zero-order valence-corrected chi connectivity index (χ0v) is 29.4. The normalized spacial score (nSPS) is 22.8. The molecule has 10 heteroatoms. The van der Waals surface area contributed by atoms with Crippen molar-refractivity contribution in [2.24, 2.45) is 34.5 Å². The second-order valence-electron chi connectivity index (χ2n) is 16.6. The van der Waals surface area contributed by atoms with Gasteiger partial charge in [0.25, 0.3) is 0 Å². The SMILES string of the molecule is CC(C)(C)NC(=O)N[C@H](C(=O)N1C[C@H]2[C@@H]([C@H]1C(=O)CC(CC1CC1)C(=O)C(=O)CCC(=O)NCc1ccccc1)C2(C)C)C(C)(C)C. The number of ketones is 3. The number of hydrogen-bond acceptors (Lipinski definition) is 6. The Morgan fingerprint density at radius 2 is 1.57 bits per heavy atom. The fourth-order valence-electron chi connectivity index (χ4n) is 7.07. The maximum Gasteiger partial charge on any atom is 0.315 e. The lowest BCUT2D eigenvalue weighted by Crippen LogP contribution is -2.60. The Morgan fingerprint density at radius 3 is 2.15 bits per heavy atom. The number of carbonyl (C=O) groups is 6. The molecule has 1 aromatic rings. The number of rotatable bonds is 14. The lowest BCUT2D eigenvalue weighted by atomic mass is 9.83. The fourth-order valence-corrected chi connectivity index (χ4v) is 7.07. The van der Waals surface area contributed by atoms with Gasteiger partial charge in [-0.2, -0.15) is 0 Å². The van der Waals surface area contributed by atoms with Crippen LogP contribution >= 0.6 is 0 Å². The van der Waals surface area contributed by atoms with Crippen LogP contribution in [0.1, 0.15) is 99.5 Å². The van der Waals surface area contributed by atoms with Gasteiger partial charge in [-0.3, -0.25) is 24.0 Å². The summed E-state index contributed by atoms with van der Waals surface area (Å²) in [6.07, 6.45) is 1.93. The number of fused-ring (bicyclic) bond motifs is 1. The molecule has 0 bridgehead atoms.